The van der Waals surface area contributed by atoms with Gasteiger partial charge in [-0.2, -0.15) is 0 Å². The summed E-state index contributed by atoms with van der Waals surface area (Å²) in [5.74, 6) is 0. The minimum Gasteiger partial charge on any atom is -0.301 e. The lowest BCUT2D eigenvalue weighted by molar-refractivity contribution is 0.599. The predicted molar refractivity (Wildman–Crippen MR) is 43.6 cm³/mol. The fourth-order valence-corrected chi connectivity index (χ4v) is 0.707. The molecule has 0 radical (unpaired) electrons. The summed E-state index contributed by atoms with van der Waals surface area (Å²) in [6.07, 6.45) is 0. The largest absolute Gasteiger partial charge is 0.301 e. The van der Waals surface area contributed by atoms with Crippen molar-refractivity contribution in [2.24, 2.45) is 5.41 Å². The van der Waals surface area contributed by atoms with E-state index < -0.39 is 0 Å². The Morgan fingerprint density at radius 2 is 1.89 bits per heavy atom. The maximum atomic E-state index is 7.35. The number of rotatable bonds is 1. The minimum absolute atomic E-state index is 0.0950. The topological polar surface area (TPSA) is 47.7 Å². The van der Waals surface area contributed by atoms with Gasteiger partial charge in [0.05, 0.1) is 10.6 Å². The van der Waals surface area contributed by atoms with Crippen LogP contribution in [0.5, 0.6) is 0 Å². The molecule has 52 valence electrons. The van der Waals surface area contributed by atoms with E-state index in [2.05, 4.69) is 0 Å². The molecule has 0 saturated heterocycles. The molecular formula is C6H12N2S. The smallest absolute Gasteiger partial charge is 0.0751 e. The van der Waals surface area contributed by atoms with E-state index in [0.717, 1.165) is 11.8 Å². The fourth-order valence-electron chi connectivity index (χ4n) is 0.236. The second-order valence-electron chi connectivity index (χ2n) is 2.81. The van der Waals surface area contributed by atoms with Crippen LogP contribution in [-0.2, 0) is 0 Å². The number of hydrogen-bond acceptors (Lipinski definition) is 3. The first-order valence-corrected chi connectivity index (χ1v) is 3.61. The zero-order valence-corrected chi connectivity index (χ0v) is 6.80. The Kier molecular flexibility index (Phi) is 2.91. The molecule has 0 fully saturated rings. The van der Waals surface area contributed by atoms with E-state index >= 15 is 0 Å². The summed E-state index contributed by atoms with van der Waals surface area (Å²) in [6.45, 7) is 5.89. The van der Waals surface area contributed by atoms with Crippen molar-refractivity contribution in [3.05, 3.63) is 0 Å². The van der Waals surface area contributed by atoms with Crippen molar-refractivity contribution in [2.45, 2.75) is 20.8 Å². The van der Waals surface area contributed by atoms with Crippen LogP contribution in [-0.4, -0.2) is 10.6 Å². The molecule has 0 aromatic rings. The molecule has 0 aliphatic rings. The third-order valence-corrected chi connectivity index (χ3v) is 1.82. The Morgan fingerprint density at radius 3 is 2.00 bits per heavy atom. The summed E-state index contributed by atoms with van der Waals surface area (Å²) in [4.78, 5) is 0. The zero-order valence-electron chi connectivity index (χ0n) is 5.99. The first kappa shape index (κ1) is 8.69. The Morgan fingerprint density at radius 1 is 1.44 bits per heavy atom. The predicted octanol–water partition coefficient (Wildman–Crippen LogP) is 2.35. The molecule has 0 spiro atoms. The van der Waals surface area contributed by atoms with Crippen LogP contribution >= 0.6 is 11.8 Å². The van der Waals surface area contributed by atoms with Gasteiger partial charge in [0.1, 0.15) is 0 Å². The summed E-state index contributed by atoms with van der Waals surface area (Å²) in [5, 5.41) is 14.6. The van der Waals surface area contributed by atoms with E-state index in [4.69, 9.17) is 10.8 Å². The van der Waals surface area contributed by atoms with Gasteiger partial charge in [0.15, 0.2) is 0 Å². The lowest BCUT2D eigenvalue weighted by Gasteiger charge is -2.16. The van der Waals surface area contributed by atoms with E-state index in [-0.39, 0.29) is 5.41 Å². The average Bonchev–Trinajstić information content (AvgIpc) is 1.64. The number of thioether (sulfide) groups is 1. The SMILES string of the molecule is CC(C)(C)C(=N)SC=N. The monoisotopic (exact) mass is 144 g/mol. The van der Waals surface area contributed by atoms with Crippen molar-refractivity contribution in [1.82, 2.24) is 0 Å². The van der Waals surface area contributed by atoms with Gasteiger partial charge in [0.25, 0.3) is 0 Å². The second kappa shape index (κ2) is 3.01. The van der Waals surface area contributed by atoms with E-state index in [1.165, 1.54) is 5.55 Å². The highest BCUT2D eigenvalue weighted by atomic mass is 32.2. The van der Waals surface area contributed by atoms with E-state index in [9.17, 15) is 0 Å². The van der Waals surface area contributed by atoms with Crippen molar-refractivity contribution >= 4 is 22.4 Å². The Labute approximate surface area is 60.1 Å². The minimum atomic E-state index is -0.0950. The standard InChI is InChI=1S/C6H12N2S/c1-6(2,3)5(8)9-4-7/h4,7-8H,1-3H3. The zero-order chi connectivity index (χ0) is 7.49. The first-order valence-electron chi connectivity index (χ1n) is 2.73. The van der Waals surface area contributed by atoms with Crippen LogP contribution in [0.15, 0.2) is 0 Å². The third-order valence-electron chi connectivity index (χ3n) is 0.858. The Balaban J connectivity index is 3.88. The summed E-state index contributed by atoms with van der Waals surface area (Å²) in [7, 11) is 0. The maximum absolute atomic E-state index is 7.35. The van der Waals surface area contributed by atoms with E-state index in [0.29, 0.717) is 5.04 Å². The molecule has 3 heteroatoms. The summed E-state index contributed by atoms with van der Waals surface area (Å²) < 4.78 is 0. The van der Waals surface area contributed by atoms with E-state index in [1.807, 2.05) is 20.8 Å². The van der Waals surface area contributed by atoms with Gasteiger partial charge in [0, 0.05) is 5.41 Å². The summed E-state index contributed by atoms with van der Waals surface area (Å²) in [5.41, 5.74) is 1.09. The van der Waals surface area contributed by atoms with Crippen molar-refractivity contribution in [2.75, 3.05) is 0 Å². The molecule has 0 unspecified atom stereocenters. The van der Waals surface area contributed by atoms with Crippen LogP contribution in [0.3, 0.4) is 0 Å². The molecular weight excluding hydrogens is 132 g/mol. The van der Waals surface area contributed by atoms with Gasteiger partial charge >= 0.3 is 0 Å². The third kappa shape index (κ3) is 3.30. The van der Waals surface area contributed by atoms with Crippen molar-refractivity contribution < 1.29 is 0 Å². The Bertz CT molecular complexity index is 124. The molecule has 9 heavy (non-hydrogen) atoms. The van der Waals surface area contributed by atoms with Gasteiger partial charge in [-0.15, -0.1) is 0 Å². The van der Waals surface area contributed by atoms with Crippen LogP contribution in [0.2, 0.25) is 0 Å². The number of hydrogen-bond donors (Lipinski definition) is 2. The highest BCUT2D eigenvalue weighted by Crippen LogP contribution is 2.21. The average molecular weight is 144 g/mol. The highest BCUT2D eigenvalue weighted by Gasteiger charge is 2.16. The highest BCUT2D eigenvalue weighted by molar-refractivity contribution is 8.24. The molecule has 0 heterocycles. The lowest BCUT2D eigenvalue weighted by Crippen LogP contribution is -2.15. The van der Waals surface area contributed by atoms with Crippen molar-refractivity contribution in [3.8, 4) is 0 Å². The number of nitrogens with one attached hydrogen (secondary N) is 2. The molecule has 0 aromatic carbocycles. The van der Waals surface area contributed by atoms with Crippen LogP contribution in [0.1, 0.15) is 20.8 Å². The van der Waals surface area contributed by atoms with Crippen molar-refractivity contribution in [3.63, 3.8) is 0 Å². The molecule has 2 N–H and O–H groups in total. The summed E-state index contributed by atoms with van der Waals surface area (Å²) >= 11 is 1.16. The molecule has 0 amide bonds. The van der Waals surface area contributed by atoms with Crippen molar-refractivity contribution in [1.29, 1.82) is 10.8 Å². The van der Waals surface area contributed by atoms with E-state index in [1.54, 1.807) is 0 Å². The maximum Gasteiger partial charge on any atom is 0.0751 e. The van der Waals surface area contributed by atoms with Crippen LogP contribution in [0, 0.1) is 16.2 Å². The van der Waals surface area contributed by atoms with Gasteiger partial charge in [-0.05, 0) is 0 Å². The Hall–Kier alpha value is -0.310. The molecule has 2 nitrogen and oxygen atoms in total. The van der Waals surface area contributed by atoms with Gasteiger partial charge in [-0.1, -0.05) is 32.5 Å². The van der Waals surface area contributed by atoms with Gasteiger partial charge in [-0.25, -0.2) is 0 Å². The summed E-state index contributed by atoms with van der Waals surface area (Å²) in [6, 6.07) is 0. The molecule has 0 saturated carbocycles. The molecule has 0 aliphatic carbocycles. The lowest BCUT2D eigenvalue weighted by atomic mass is 9.99. The molecule has 0 bridgehead atoms. The molecule has 0 rings (SSSR count). The van der Waals surface area contributed by atoms with Crippen LogP contribution in [0.4, 0.5) is 0 Å². The van der Waals surface area contributed by atoms with Gasteiger partial charge in [0.2, 0.25) is 0 Å². The second-order valence-corrected chi connectivity index (χ2v) is 3.69. The first-order chi connectivity index (χ1) is 3.98. The normalized spacial score (nSPS) is 11.0. The van der Waals surface area contributed by atoms with Gasteiger partial charge < -0.3 is 5.41 Å². The molecule has 0 aliphatic heterocycles. The molecule has 0 atom stereocenters. The molecule has 0 aromatic heterocycles. The quantitative estimate of drug-likeness (QED) is 0.430. The van der Waals surface area contributed by atoms with Gasteiger partial charge in [-0.3, -0.25) is 5.41 Å². The fraction of sp³-hybridized carbons (Fsp3) is 0.667. The van der Waals surface area contributed by atoms with Crippen LogP contribution in [0.25, 0.3) is 0 Å². The van der Waals surface area contributed by atoms with Crippen LogP contribution < -0.4 is 0 Å².